The van der Waals surface area contributed by atoms with Gasteiger partial charge >= 0.3 is 0 Å². The minimum absolute atomic E-state index is 0.264. The molecular weight excluding hydrogens is 167 g/mol. The molecule has 0 saturated heterocycles. The molecule has 1 rings (SSSR count). The maximum Gasteiger partial charge on any atom is 0.182 e. The molecule has 0 N–H and O–H groups in total. The molecule has 0 aliphatic heterocycles. The minimum atomic E-state index is -0.436. The lowest BCUT2D eigenvalue weighted by atomic mass is 10.1. The van der Waals surface area contributed by atoms with Crippen LogP contribution in [0, 0.1) is 11.7 Å². The van der Waals surface area contributed by atoms with E-state index in [0.29, 0.717) is 0 Å². The first-order chi connectivity index (χ1) is 5.24. The highest BCUT2D eigenvalue weighted by Gasteiger charge is 2.03. The first-order valence-electron chi connectivity index (χ1n) is 2.97. The van der Waals surface area contributed by atoms with Crippen LogP contribution in [0.5, 0.6) is 0 Å². The Kier molecular flexibility index (Phi) is 2.60. The Labute approximate surface area is 68.8 Å². The number of benzene rings is 1. The van der Waals surface area contributed by atoms with Gasteiger partial charge in [-0.1, -0.05) is 12.1 Å². The molecule has 0 bridgehead atoms. The highest BCUT2D eigenvalue weighted by Crippen LogP contribution is 2.06. The van der Waals surface area contributed by atoms with Crippen molar-refractivity contribution in [3.8, 4) is 0 Å². The SMILES string of the molecule is O=C([CH]Cl)c1cccc(F)c1. The van der Waals surface area contributed by atoms with E-state index in [4.69, 9.17) is 11.6 Å². The second-order valence-electron chi connectivity index (χ2n) is 1.98. The number of carbonyl (C=O) groups excluding carboxylic acids is 1. The average molecular weight is 172 g/mol. The Morgan fingerprint density at radius 3 is 2.82 bits per heavy atom. The highest BCUT2D eigenvalue weighted by molar-refractivity contribution is 6.37. The fourth-order valence-electron chi connectivity index (χ4n) is 0.705. The maximum absolute atomic E-state index is 12.5. The third-order valence-corrected chi connectivity index (χ3v) is 1.41. The highest BCUT2D eigenvalue weighted by atomic mass is 35.5. The summed E-state index contributed by atoms with van der Waals surface area (Å²) < 4.78 is 12.5. The summed E-state index contributed by atoms with van der Waals surface area (Å²) in [6, 6.07) is 5.37. The van der Waals surface area contributed by atoms with E-state index >= 15 is 0 Å². The third-order valence-electron chi connectivity index (χ3n) is 1.21. The molecule has 0 saturated carbocycles. The normalized spacial score (nSPS) is 9.64. The molecule has 0 unspecified atom stereocenters. The smallest absolute Gasteiger partial charge is 0.182 e. The summed E-state index contributed by atoms with van der Waals surface area (Å²) in [4.78, 5) is 10.8. The summed E-state index contributed by atoms with van der Waals surface area (Å²) in [5.74, 6) is 0.0648. The van der Waals surface area contributed by atoms with Crippen molar-refractivity contribution >= 4 is 17.4 Å². The molecule has 1 aromatic carbocycles. The fraction of sp³-hybridized carbons (Fsp3) is 0. The number of hydrogen-bond acceptors (Lipinski definition) is 1. The van der Waals surface area contributed by atoms with Gasteiger partial charge in [0.1, 0.15) is 11.7 Å². The van der Waals surface area contributed by atoms with Crippen molar-refractivity contribution in [1.82, 2.24) is 0 Å². The molecule has 1 nitrogen and oxygen atoms in total. The molecule has 0 aliphatic carbocycles. The Bertz CT molecular complexity index is 273. The van der Waals surface area contributed by atoms with Crippen LogP contribution in [0.4, 0.5) is 4.39 Å². The molecule has 0 fully saturated rings. The van der Waals surface area contributed by atoms with Crippen molar-refractivity contribution in [2.75, 3.05) is 0 Å². The van der Waals surface area contributed by atoms with Gasteiger partial charge in [0.25, 0.3) is 0 Å². The summed E-state index contributed by atoms with van der Waals surface area (Å²) >= 11 is 5.14. The fourth-order valence-corrected chi connectivity index (χ4v) is 0.831. The number of halogens is 2. The Balaban J connectivity index is 2.96. The number of Topliss-reactive ketones (excluding diaryl/α,β-unsaturated/α-hetero) is 1. The quantitative estimate of drug-likeness (QED) is 0.625. The van der Waals surface area contributed by atoms with Crippen LogP contribution >= 0.6 is 11.6 Å². The lowest BCUT2D eigenvalue weighted by molar-refractivity contribution is 0.103. The molecule has 1 radical (unpaired) electrons. The summed E-state index contributed by atoms with van der Waals surface area (Å²) in [6.07, 6.45) is 0. The third kappa shape index (κ3) is 2.02. The minimum Gasteiger partial charge on any atom is -0.292 e. The topological polar surface area (TPSA) is 17.1 Å². The van der Waals surface area contributed by atoms with E-state index in [1.165, 1.54) is 18.2 Å². The van der Waals surface area contributed by atoms with Gasteiger partial charge in [-0.25, -0.2) is 4.39 Å². The van der Waals surface area contributed by atoms with Crippen LogP contribution in [0.3, 0.4) is 0 Å². The number of ketones is 1. The second kappa shape index (κ2) is 3.49. The molecule has 3 heteroatoms. The monoisotopic (exact) mass is 171 g/mol. The van der Waals surface area contributed by atoms with E-state index in [2.05, 4.69) is 0 Å². The van der Waals surface area contributed by atoms with Crippen LogP contribution in [0.1, 0.15) is 10.4 Å². The van der Waals surface area contributed by atoms with Crippen LogP contribution in [-0.2, 0) is 0 Å². The Morgan fingerprint density at radius 2 is 2.27 bits per heavy atom. The predicted molar refractivity (Wildman–Crippen MR) is 40.9 cm³/mol. The molecule has 57 valence electrons. The van der Waals surface area contributed by atoms with Crippen molar-refractivity contribution in [3.63, 3.8) is 0 Å². The largest absolute Gasteiger partial charge is 0.292 e. The van der Waals surface area contributed by atoms with E-state index in [-0.39, 0.29) is 11.3 Å². The summed E-state index contributed by atoms with van der Waals surface area (Å²) in [6.45, 7) is 0. The second-order valence-corrected chi connectivity index (χ2v) is 2.20. The summed E-state index contributed by atoms with van der Waals surface area (Å²) in [5.41, 5.74) is 0.264. The lowest BCUT2D eigenvalue weighted by Gasteiger charge is -1.94. The van der Waals surface area contributed by atoms with Crippen LogP contribution < -0.4 is 0 Å². The first kappa shape index (κ1) is 8.21. The van der Waals surface area contributed by atoms with Gasteiger partial charge in [-0.05, 0) is 12.1 Å². The number of rotatable bonds is 2. The number of hydrogen-bond donors (Lipinski definition) is 0. The van der Waals surface area contributed by atoms with Crippen molar-refractivity contribution < 1.29 is 9.18 Å². The molecule has 0 aliphatic rings. The van der Waals surface area contributed by atoms with Gasteiger partial charge in [0, 0.05) is 5.56 Å². The van der Waals surface area contributed by atoms with Crippen molar-refractivity contribution in [2.24, 2.45) is 0 Å². The molecule has 0 atom stereocenters. The summed E-state index contributed by atoms with van der Waals surface area (Å²) in [7, 11) is 0. The van der Waals surface area contributed by atoms with Gasteiger partial charge in [-0.15, -0.1) is 11.6 Å². The van der Waals surface area contributed by atoms with E-state index in [1.807, 2.05) is 0 Å². The summed E-state index contributed by atoms with van der Waals surface area (Å²) in [5, 5.41) is 0. The van der Waals surface area contributed by atoms with Gasteiger partial charge in [0.2, 0.25) is 0 Å². The van der Waals surface area contributed by atoms with Gasteiger partial charge in [0.05, 0.1) is 0 Å². The molecule has 0 spiro atoms. The molecule has 11 heavy (non-hydrogen) atoms. The van der Waals surface area contributed by atoms with Crippen LogP contribution in [-0.4, -0.2) is 5.78 Å². The maximum atomic E-state index is 12.5. The van der Waals surface area contributed by atoms with Crippen LogP contribution in [0.25, 0.3) is 0 Å². The first-order valence-corrected chi connectivity index (χ1v) is 3.41. The van der Waals surface area contributed by atoms with Crippen molar-refractivity contribution in [1.29, 1.82) is 0 Å². The number of carbonyl (C=O) groups is 1. The van der Waals surface area contributed by atoms with E-state index in [0.717, 1.165) is 11.9 Å². The standard InChI is InChI=1S/C8H5ClFO/c9-5-8(11)6-2-1-3-7(10)4-6/h1-5H. The van der Waals surface area contributed by atoms with E-state index in [9.17, 15) is 9.18 Å². The van der Waals surface area contributed by atoms with Crippen LogP contribution in [0.2, 0.25) is 0 Å². The zero-order valence-electron chi connectivity index (χ0n) is 5.55. The van der Waals surface area contributed by atoms with Gasteiger partial charge < -0.3 is 0 Å². The Morgan fingerprint density at radius 1 is 1.55 bits per heavy atom. The molecule has 0 heterocycles. The lowest BCUT2D eigenvalue weighted by Crippen LogP contribution is -1.95. The zero-order valence-corrected chi connectivity index (χ0v) is 6.31. The predicted octanol–water partition coefficient (Wildman–Crippen LogP) is 2.41. The van der Waals surface area contributed by atoms with E-state index < -0.39 is 5.82 Å². The van der Waals surface area contributed by atoms with Crippen molar-refractivity contribution in [2.45, 2.75) is 0 Å². The molecule has 1 aromatic rings. The van der Waals surface area contributed by atoms with E-state index in [1.54, 1.807) is 0 Å². The zero-order chi connectivity index (χ0) is 8.27. The van der Waals surface area contributed by atoms with Gasteiger partial charge in [-0.2, -0.15) is 0 Å². The Hall–Kier alpha value is -0.890. The van der Waals surface area contributed by atoms with Gasteiger partial charge in [0.15, 0.2) is 5.78 Å². The molecule has 0 aromatic heterocycles. The van der Waals surface area contributed by atoms with Crippen molar-refractivity contribution in [3.05, 3.63) is 41.5 Å². The van der Waals surface area contributed by atoms with Gasteiger partial charge in [-0.3, -0.25) is 4.79 Å². The average Bonchev–Trinajstić information content (AvgIpc) is 2.03. The van der Waals surface area contributed by atoms with Crippen LogP contribution in [0.15, 0.2) is 24.3 Å². The molecule has 0 amide bonds. The molecular formula is C8H5ClFO.